The molecule has 0 bridgehead atoms. The van der Waals surface area contributed by atoms with E-state index in [1.807, 2.05) is 0 Å². The van der Waals surface area contributed by atoms with E-state index in [0.717, 1.165) is 0 Å². The van der Waals surface area contributed by atoms with Crippen molar-refractivity contribution in [2.45, 2.75) is 6.42 Å². The quantitative estimate of drug-likeness (QED) is 0.420. The zero-order chi connectivity index (χ0) is 11.4. The monoisotopic (exact) mass is 211 g/mol. The molecule has 0 aliphatic carbocycles. The van der Waals surface area contributed by atoms with Crippen LogP contribution in [-0.2, 0) is 14.3 Å². The van der Waals surface area contributed by atoms with Crippen molar-refractivity contribution in [1.82, 2.24) is 0 Å². The van der Waals surface area contributed by atoms with Crippen LogP contribution in [0.25, 0.3) is 0 Å². The Bertz CT molecular complexity index is 354. The number of esters is 1. The van der Waals surface area contributed by atoms with E-state index in [2.05, 4.69) is 16.3 Å². The summed E-state index contributed by atoms with van der Waals surface area (Å²) in [4.78, 5) is 14.9. The second-order valence-electron chi connectivity index (χ2n) is 2.94. The highest BCUT2D eigenvalue weighted by atomic mass is 16.5. The van der Waals surface area contributed by atoms with Crippen LogP contribution < -0.4 is 0 Å². The number of aliphatic imine (C=N–C) groups is 1. The van der Waals surface area contributed by atoms with E-state index in [0.29, 0.717) is 18.6 Å². The van der Waals surface area contributed by atoms with E-state index in [4.69, 9.17) is 4.74 Å². The fourth-order valence-corrected chi connectivity index (χ4v) is 1.23. The molecule has 1 aliphatic heterocycles. The Morgan fingerprint density at radius 2 is 2.33 bits per heavy atom. The lowest BCUT2D eigenvalue weighted by molar-refractivity contribution is -0.132. The lowest BCUT2D eigenvalue weighted by Crippen LogP contribution is -2.19. The van der Waals surface area contributed by atoms with Gasteiger partial charge >= 0.3 is 5.97 Å². The number of nitrogens with zero attached hydrogens (tertiary/aromatic N) is 1. The van der Waals surface area contributed by atoms with Gasteiger partial charge in [0.15, 0.2) is 17.2 Å². The van der Waals surface area contributed by atoms with E-state index in [1.165, 1.54) is 14.2 Å². The SMILES string of the molecule is C=C1CCO/C1=C(\O)C(=NC)C(=O)OC. The minimum atomic E-state index is -0.703. The fraction of sp³-hybridized carbons (Fsp3) is 0.400. The number of allylic oxidation sites excluding steroid dienone is 1. The van der Waals surface area contributed by atoms with Crippen LogP contribution in [0.15, 0.2) is 28.7 Å². The van der Waals surface area contributed by atoms with Gasteiger partial charge in [0.1, 0.15) is 0 Å². The number of aliphatic hydroxyl groups excluding tert-OH is 1. The summed E-state index contributed by atoms with van der Waals surface area (Å²) in [6.45, 7) is 4.16. The summed E-state index contributed by atoms with van der Waals surface area (Å²) in [6.07, 6.45) is 0.636. The molecule has 1 aliphatic rings. The van der Waals surface area contributed by atoms with Gasteiger partial charge in [0.05, 0.1) is 13.7 Å². The Morgan fingerprint density at radius 1 is 1.67 bits per heavy atom. The molecule has 0 aromatic heterocycles. The fourth-order valence-electron chi connectivity index (χ4n) is 1.23. The molecule has 0 aromatic carbocycles. The first-order chi connectivity index (χ1) is 7.11. The smallest absolute Gasteiger partial charge is 0.360 e. The van der Waals surface area contributed by atoms with E-state index in [1.54, 1.807) is 0 Å². The van der Waals surface area contributed by atoms with Crippen molar-refractivity contribution in [3.8, 4) is 0 Å². The van der Waals surface area contributed by atoms with Crippen LogP contribution in [0.4, 0.5) is 0 Å². The number of rotatable bonds is 2. The Hall–Kier alpha value is -1.78. The maximum atomic E-state index is 11.2. The van der Waals surface area contributed by atoms with E-state index < -0.39 is 5.97 Å². The maximum Gasteiger partial charge on any atom is 0.360 e. The summed E-state index contributed by atoms with van der Waals surface area (Å²) in [7, 11) is 2.61. The molecule has 0 atom stereocenters. The number of aliphatic hydroxyl groups is 1. The highest BCUT2D eigenvalue weighted by Crippen LogP contribution is 2.24. The van der Waals surface area contributed by atoms with Gasteiger partial charge in [-0.25, -0.2) is 4.79 Å². The van der Waals surface area contributed by atoms with Crippen LogP contribution in [0.5, 0.6) is 0 Å². The first kappa shape index (κ1) is 11.3. The zero-order valence-electron chi connectivity index (χ0n) is 8.74. The Balaban J connectivity index is 3.05. The van der Waals surface area contributed by atoms with Crippen molar-refractivity contribution in [3.63, 3.8) is 0 Å². The topological polar surface area (TPSA) is 68.1 Å². The molecule has 0 spiro atoms. The van der Waals surface area contributed by atoms with Crippen molar-refractivity contribution in [3.05, 3.63) is 23.7 Å². The summed E-state index contributed by atoms with van der Waals surface area (Å²) in [5.74, 6) is -0.793. The Morgan fingerprint density at radius 3 is 2.73 bits per heavy atom. The van der Waals surface area contributed by atoms with E-state index in [-0.39, 0.29) is 17.2 Å². The largest absolute Gasteiger partial charge is 0.503 e. The van der Waals surface area contributed by atoms with Gasteiger partial charge < -0.3 is 14.6 Å². The molecule has 82 valence electrons. The van der Waals surface area contributed by atoms with Gasteiger partial charge in [-0.3, -0.25) is 4.99 Å². The van der Waals surface area contributed by atoms with Gasteiger partial charge in [0, 0.05) is 13.5 Å². The highest BCUT2D eigenvalue weighted by Gasteiger charge is 2.25. The molecule has 0 saturated carbocycles. The minimum absolute atomic E-state index is 0.157. The molecule has 0 aromatic rings. The average molecular weight is 211 g/mol. The van der Waals surface area contributed by atoms with Gasteiger partial charge in [-0.15, -0.1) is 0 Å². The molecule has 0 radical (unpaired) electrons. The van der Waals surface area contributed by atoms with Gasteiger partial charge in [0.2, 0.25) is 0 Å². The normalized spacial score (nSPS) is 19.9. The predicted molar refractivity (Wildman–Crippen MR) is 54.7 cm³/mol. The van der Waals surface area contributed by atoms with Crippen molar-refractivity contribution >= 4 is 11.7 Å². The molecular weight excluding hydrogens is 198 g/mol. The van der Waals surface area contributed by atoms with E-state index in [9.17, 15) is 9.90 Å². The number of hydrogen-bond acceptors (Lipinski definition) is 5. The summed E-state index contributed by atoms with van der Waals surface area (Å²) in [5, 5.41) is 9.74. The molecular formula is C10H13NO4. The summed E-state index contributed by atoms with van der Waals surface area (Å²) >= 11 is 0. The van der Waals surface area contributed by atoms with Gasteiger partial charge in [-0.05, 0) is 5.57 Å². The third kappa shape index (κ3) is 2.18. The second-order valence-corrected chi connectivity index (χ2v) is 2.94. The molecule has 1 heterocycles. The number of hydrogen-bond donors (Lipinski definition) is 1. The van der Waals surface area contributed by atoms with E-state index >= 15 is 0 Å². The maximum absolute atomic E-state index is 11.2. The number of carbonyl (C=O) groups is 1. The first-order valence-corrected chi connectivity index (χ1v) is 4.41. The lowest BCUT2D eigenvalue weighted by Gasteiger charge is -2.06. The van der Waals surface area contributed by atoms with Crippen molar-refractivity contribution in [2.24, 2.45) is 4.99 Å². The van der Waals surface area contributed by atoms with Crippen molar-refractivity contribution in [1.29, 1.82) is 0 Å². The Kier molecular flexibility index (Phi) is 3.49. The summed E-state index contributed by atoms with van der Waals surface area (Å²) in [5.41, 5.74) is 0.494. The second kappa shape index (κ2) is 4.63. The Labute approximate surface area is 87.7 Å². The van der Waals surface area contributed by atoms with Crippen LogP contribution >= 0.6 is 0 Å². The van der Waals surface area contributed by atoms with Crippen molar-refractivity contribution < 1.29 is 19.4 Å². The zero-order valence-corrected chi connectivity index (χ0v) is 8.74. The molecule has 1 N–H and O–H groups in total. The van der Waals surface area contributed by atoms with Crippen LogP contribution in [0.1, 0.15) is 6.42 Å². The molecule has 5 nitrogen and oxygen atoms in total. The molecule has 1 rings (SSSR count). The van der Waals surface area contributed by atoms with Crippen LogP contribution in [0, 0.1) is 0 Å². The van der Waals surface area contributed by atoms with Crippen LogP contribution in [0.2, 0.25) is 0 Å². The predicted octanol–water partition coefficient (Wildman–Crippen LogP) is 0.976. The summed E-state index contributed by atoms with van der Waals surface area (Å²) < 4.78 is 9.62. The number of methoxy groups -OCH3 is 1. The first-order valence-electron chi connectivity index (χ1n) is 4.41. The van der Waals surface area contributed by atoms with Crippen LogP contribution in [-0.4, -0.2) is 37.6 Å². The third-order valence-corrected chi connectivity index (χ3v) is 2.01. The average Bonchev–Trinajstić information content (AvgIpc) is 2.65. The van der Waals surface area contributed by atoms with Gasteiger partial charge in [-0.1, -0.05) is 6.58 Å². The molecule has 5 heteroatoms. The van der Waals surface area contributed by atoms with Crippen LogP contribution in [0.3, 0.4) is 0 Å². The standard InChI is InChI=1S/C10H13NO4/c1-6-4-5-15-9(6)8(12)7(11-2)10(13)14-3/h12H,1,4-5H2,2-3H3/b9-8-,11-7?. The molecule has 1 fully saturated rings. The molecule has 0 amide bonds. The summed E-state index contributed by atoms with van der Waals surface area (Å²) in [6, 6.07) is 0. The highest BCUT2D eigenvalue weighted by molar-refractivity contribution is 6.42. The minimum Gasteiger partial charge on any atom is -0.503 e. The molecule has 15 heavy (non-hydrogen) atoms. The number of ether oxygens (including phenoxy) is 2. The van der Waals surface area contributed by atoms with Crippen molar-refractivity contribution in [2.75, 3.05) is 20.8 Å². The number of carbonyl (C=O) groups excluding carboxylic acids is 1. The lowest BCUT2D eigenvalue weighted by atomic mass is 10.1. The molecule has 0 unspecified atom stereocenters. The van der Waals surface area contributed by atoms with Gasteiger partial charge in [-0.2, -0.15) is 0 Å². The third-order valence-electron chi connectivity index (χ3n) is 2.01. The molecule has 1 saturated heterocycles. The van der Waals surface area contributed by atoms with Gasteiger partial charge in [0.25, 0.3) is 0 Å².